The molecule has 0 aromatic heterocycles. The molecule has 0 spiro atoms. The molecule has 0 saturated heterocycles. The zero-order valence-corrected chi connectivity index (χ0v) is 10.8. The van der Waals surface area contributed by atoms with Gasteiger partial charge in [0.05, 0.1) is 30.2 Å². The zero-order chi connectivity index (χ0) is 15.3. The van der Waals surface area contributed by atoms with Crippen molar-refractivity contribution in [2.24, 2.45) is 5.73 Å². The van der Waals surface area contributed by atoms with Crippen LogP contribution in [0.15, 0.2) is 12.1 Å². The maximum Gasteiger partial charge on any atom is 0.417 e. The smallest absolute Gasteiger partial charge is 0.417 e. The minimum absolute atomic E-state index is 0.0679. The van der Waals surface area contributed by atoms with Gasteiger partial charge in [-0.1, -0.05) is 0 Å². The Morgan fingerprint density at radius 1 is 1.40 bits per heavy atom. The molecule has 0 bridgehead atoms. The Labute approximate surface area is 113 Å². The molecule has 0 radical (unpaired) electrons. The SMILES string of the molecule is CCOC(=O)Cc1cc(C(F)(F)F)c(C#N)cc1CN. The van der Waals surface area contributed by atoms with Gasteiger partial charge in [-0.3, -0.25) is 4.79 Å². The summed E-state index contributed by atoms with van der Waals surface area (Å²) in [5.41, 5.74) is 4.30. The molecular weight excluding hydrogens is 273 g/mol. The third-order valence-corrected chi connectivity index (χ3v) is 2.63. The number of alkyl halides is 3. The highest BCUT2D eigenvalue weighted by atomic mass is 19.4. The fourth-order valence-electron chi connectivity index (χ4n) is 1.74. The van der Waals surface area contributed by atoms with E-state index < -0.39 is 23.3 Å². The van der Waals surface area contributed by atoms with Gasteiger partial charge in [0, 0.05) is 6.54 Å². The van der Waals surface area contributed by atoms with E-state index in [9.17, 15) is 18.0 Å². The Bertz CT molecular complexity index is 548. The Kier molecular flexibility index (Phi) is 5.11. The largest absolute Gasteiger partial charge is 0.466 e. The maximum atomic E-state index is 12.8. The number of nitrogens with zero attached hydrogens (tertiary/aromatic N) is 1. The molecule has 1 aromatic rings. The molecule has 1 rings (SSSR count). The molecule has 7 heteroatoms. The fourth-order valence-corrected chi connectivity index (χ4v) is 1.74. The van der Waals surface area contributed by atoms with E-state index in [2.05, 4.69) is 0 Å². The van der Waals surface area contributed by atoms with Gasteiger partial charge in [0.25, 0.3) is 0 Å². The van der Waals surface area contributed by atoms with E-state index in [-0.39, 0.29) is 25.1 Å². The average Bonchev–Trinajstić information content (AvgIpc) is 2.37. The lowest BCUT2D eigenvalue weighted by molar-refractivity contribution is -0.142. The number of carbonyl (C=O) groups is 1. The number of esters is 1. The van der Waals surface area contributed by atoms with Crippen molar-refractivity contribution in [1.29, 1.82) is 5.26 Å². The van der Waals surface area contributed by atoms with Crippen molar-refractivity contribution in [2.45, 2.75) is 26.1 Å². The summed E-state index contributed by atoms with van der Waals surface area (Å²) in [5.74, 6) is -0.639. The first-order chi connectivity index (χ1) is 9.33. The molecule has 0 aliphatic rings. The predicted molar refractivity (Wildman–Crippen MR) is 64.4 cm³/mol. The van der Waals surface area contributed by atoms with Crippen molar-refractivity contribution in [3.8, 4) is 6.07 Å². The van der Waals surface area contributed by atoms with Crippen LogP contribution in [0.3, 0.4) is 0 Å². The van der Waals surface area contributed by atoms with E-state index in [4.69, 9.17) is 15.7 Å². The first kappa shape index (κ1) is 16.0. The second-order valence-corrected chi connectivity index (χ2v) is 3.96. The normalized spacial score (nSPS) is 11.0. The Balaban J connectivity index is 3.30. The first-order valence-corrected chi connectivity index (χ1v) is 5.82. The van der Waals surface area contributed by atoms with Crippen molar-refractivity contribution in [3.63, 3.8) is 0 Å². The molecule has 0 fully saturated rings. The molecule has 1 aromatic carbocycles. The van der Waals surface area contributed by atoms with Crippen LogP contribution in [0.1, 0.15) is 29.2 Å². The first-order valence-electron chi connectivity index (χ1n) is 5.82. The van der Waals surface area contributed by atoms with Crippen LogP contribution in [0.25, 0.3) is 0 Å². The van der Waals surface area contributed by atoms with Gasteiger partial charge in [-0.25, -0.2) is 0 Å². The molecule has 2 N–H and O–H groups in total. The third kappa shape index (κ3) is 3.71. The van der Waals surface area contributed by atoms with Gasteiger partial charge in [-0.05, 0) is 30.2 Å². The van der Waals surface area contributed by atoms with Crippen LogP contribution < -0.4 is 5.73 Å². The molecule has 0 atom stereocenters. The highest BCUT2D eigenvalue weighted by molar-refractivity contribution is 5.73. The number of nitrogens with two attached hydrogens (primary N) is 1. The van der Waals surface area contributed by atoms with Gasteiger partial charge in [0.1, 0.15) is 0 Å². The lowest BCUT2D eigenvalue weighted by Gasteiger charge is -2.14. The summed E-state index contributed by atoms with van der Waals surface area (Å²) in [6, 6.07) is 3.35. The molecule has 0 saturated carbocycles. The van der Waals surface area contributed by atoms with Crippen LogP contribution in [0.4, 0.5) is 13.2 Å². The van der Waals surface area contributed by atoms with E-state index in [1.165, 1.54) is 6.07 Å². The van der Waals surface area contributed by atoms with Gasteiger partial charge in [0.15, 0.2) is 0 Å². The van der Waals surface area contributed by atoms with Crippen LogP contribution in [0.2, 0.25) is 0 Å². The van der Waals surface area contributed by atoms with Crippen LogP contribution in [0.5, 0.6) is 0 Å². The van der Waals surface area contributed by atoms with E-state index in [0.29, 0.717) is 5.56 Å². The lowest BCUT2D eigenvalue weighted by Crippen LogP contribution is -2.15. The van der Waals surface area contributed by atoms with Gasteiger partial charge in [-0.2, -0.15) is 18.4 Å². The van der Waals surface area contributed by atoms with Crippen LogP contribution in [-0.2, 0) is 28.7 Å². The topological polar surface area (TPSA) is 76.1 Å². The molecule has 0 aliphatic carbocycles. The van der Waals surface area contributed by atoms with E-state index in [1.54, 1.807) is 6.92 Å². The predicted octanol–water partition coefficient (Wildman–Crippen LogP) is 2.14. The number of hydrogen-bond donors (Lipinski definition) is 1. The van der Waals surface area contributed by atoms with Crippen molar-refractivity contribution >= 4 is 5.97 Å². The minimum Gasteiger partial charge on any atom is -0.466 e. The molecule has 0 heterocycles. The number of benzene rings is 1. The Morgan fingerprint density at radius 2 is 2.05 bits per heavy atom. The summed E-state index contributed by atoms with van der Waals surface area (Å²) >= 11 is 0. The fraction of sp³-hybridized carbons (Fsp3) is 0.385. The second-order valence-electron chi connectivity index (χ2n) is 3.96. The number of carbonyl (C=O) groups excluding carboxylic acids is 1. The highest BCUT2D eigenvalue weighted by Crippen LogP contribution is 2.33. The quantitative estimate of drug-likeness (QED) is 0.860. The number of ether oxygens (including phenoxy) is 1. The molecule has 0 amide bonds. The lowest BCUT2D eigenvalue weighted by atomic mass is 9.96. The van der Waals surface area contributed by atoms with Crippen LogP contribution >= 0.6 is 0 Å². The van der Waals surface area contributed by atoms with Crippen molar-refractivity contribution in [2.75, 3.05) is 6.61 Å². The maximum absolute atomic E-state index is 12.8. The van der Waals surface area contributed by atoms with Crippen molar-refractivity contribution < 1.29 is 22.7 Å². The molecule has 108 valence electrons. The summed E-state index contributed by atoms with van der Waals surface area (Å²) in [4.78, 5) is 11.4. The van der Waals surface area contributed by atoms with Crippen LogP contribution in [-0.4, -0.2) is 12.6 Å². The molecule has 0 aliphatic heterocycles. The van der Waals surface area contributed by atoms with Gasteiger partial charge < -0.3 is 10.5 Å². The van der Waals surface area contributed by atoms with E-state index in [1.807, 2.05) is 0 Å². The number of hydrogen-bond acceptors (Lipinski definition) is 4. The van der Waals surface area contributed by atoms with Crippen molar-refractivity contribution in [1.82, 2.24) is 0 Å². The van der Waals surface area contributed by atoms with Gasteiger partial charge in [0.2, 0.25) is 0 Å². The monoisotopic (exact) mass is 286 g/mol. The molecule has 4 nitrogen and oxygen atoms in total. The van der Waals surface area contributed by atoms with Crippen LogP contribution in [0, 0.1) is 11.3 Å². The minimum atomic E-state index is -4.67. The molecule has 0 unspecified atom stereocenters. The highest BCUT2D eigenvalue weighted by Gasteiger charge is 2.34. The van der Waals surface area contributed by atoms with E-state index in [0.717, 1.165) is 12.1 Å². The molecule has 20 heavy (non-hydrogen) atoms. The number of nitriles is 1. The third-order valence-electron chi connectivity index (χ3n) is 2.63. The second kappa shape index (κ2) is 6.39. The standard InChI is InChI=1S/C13H13F3N2O2/c1-2-20-12(19)5-8-4-11(13(14,15)16)10(7-18)3-9(8)6-17/h3-4H,2,5-6,17H2,1H3. The summed E-state index contributed by atoms with van der Waals surface area (Å²) < 4.78 is 43.2. The number of rotatable bonds is 4. The van der Waals surface area contributed by atoms with Crippen molar-refractivity contribution in [3.05, 3.63) is 34.4 Å². The summed E-state index contributed by atoms with van der Waals surface area (Å²) in [6.07, 6.45) is -4.98. The number of halogens is 3. The molecular formula is C13H13F3N2O2. The Morgan fingerprint density at radius 3 is 2.50 bits per heavy atom. The summed E-state index contributed by atoms with van der Waals surface area (Å²) in [5, 5.41) is 8.78. The Hall–Kier alpha value is -2.07. The summed E-state index contributed by atoms with van der Waals surface area (Å²) in [7, 11) is 0. The van der Waals surface area contributed by atoms with E-state index >= 15 is 0 Å². The van der Waals surface area contributed by atoms with Gasteiger partial charge in [-0.15, -0.1) is 0 Å². The zero-order valence-electron chi connectivity index (χ0n) is 10.8. The van der Waals surface area contributed by atoms with Gasteiger partial charge >= 0.3 is 12.1 Å². The average molecular weight is 286 g/mol. The summed E-state index contributed by atoms with van der Waals surface area (Å²) in [6.45, 7) is 1.67.